The molecule has 174 valence electrons. The van der Waals surface area contributed by atoms with Gasteiger partial charge in [0.1, 0.15) is 11.5 Å². The molecule has 0 radical (unpaired) electrons. The minimum absolute atomic E-state index is 0. The third-order valence-corrected chi connectivity index (χ3v) is 9.19. The first-order chi connectivity index (χ1) is 13.6. The van der Waals surface area contributed by atoms with Crippen LogP contribution in [0.5, 0.6) is 11.5 Å². The van der Waals surface area contributed by atoms with E-state index in [9.17, 15) is 47.6 Å². The van der Waals surface area contributed by atoms with Gasteiger partial charge in [-0.15, -0.1) is 0 Å². The number of hydrogen-bond acceptors (Lipinski definition) is 12. The predicted octanol–water partition coefficient (Wildman–Crippen LogP) is -1.02. The Balaban J connectivity index is 0.000000562. The van der Waals surface area contributed by atoms with E-state index < -0.39 is 42.2 Å². The van der Waals surface area contributed by atoms with Crippen molar-refractivity contribution in [2.45, 2.75) is 0 Å². The first-order valence-corrected chi connectivity index (χ1v) is 14.6. The summed E-state index contributed by atoms with van der Waals surface area (Å²) in [6, 6.07) is 14.7. The zero-order valence-electron chi connectivity index (χ0n) is 15.3. The van der Waals surface area contributed by atoms with Gasteiger partial charge < -0.3 is 47.5 Å². The van der Waals surface area contributed by atoms with Gasteiger partial charge in [-0.05, 0) is 24.3 Å². The van der Waals surface area contributed by atoms with Crippen LogP contribution in [0.3, 0.4) is 0 Å². The topological polar surface area (TPSA) is 225 Å². The van der Waals surface area contributed by atoms with Crippen LogP contribution in [0.4, 0.5) is 0 Å². The minimum atomic E-state index is -5.12. The standard InChI is InChI=1S/2C7H10O6P2.W/c2*8-14(9,10)6-15(11,12)13-7-4-2-1-3-5-7;/h2*1-5H,6H2,(H,11,12)(H2,8,9,10);/p-6. The summed E-state index contributed by atoms with van der Waals surface area (Å²) in [6.45, 7) is 0. The maximum absolute atomic E-state index is 11.0. The van der Waals surface area contributed by atoms with E-state index in [1.54, 1.807) is 12.1 Å². The molecule has 0 saturated heterocycles. The summed E-state index contributed by atoms with van der Waals surface area (Å²) in [5, 5.41) is 0. The molecule has 2 aromatic rings. The Labute approximate surface area is 191 Å². The summed E-state index contributed by atoms with van der Waals surface area (Å²) in [6.07, 6.45) is 0. The molecule has 12 nitrogen and oxygen atoms in total. The third-order valence-electron chi connectivity index (χ3n) is 2.67. The smallest absolute Gasteiger partial charge is 0.189 e. The van der Waals surface area contributed by atoms with E-state index in [1.165, 1.54) is 48.5 Å². The summed E-state index contributed by atoms with van der Waals surface area (Å²) in [5.74, 6) is -3.09. The molecule has 0 saturated carbocycles. The van der Waals surface area contributed by atoms with Crippen LogP contribution in [0.2, 0.25) is 0 Å². The van der Waals surface area contributed by atoms with Crippen molar-refractivity contribution in [2.75, 3.05) is 11.8 Å². The number of rotatable bonds is 8. The number of benzene rings is 2. The summed E-state index contributed by atoms with van der Waals surface area (Å²) >= 11 is 0. The van der Waals surface area contributed by atoms with Gasteiger partial charge in [-0.1, -0.05) is 51.6 Å². The molecule has 2 aromatic carbocycles. The van der Waals surface area contributed by atoms with Crippen molar-refractivity contribution in [3.05, 3.63) is 60.7 Å². The average Bonchev–Trinajstić information content (AvgIpc) is 2.51. The van der Waals surface area contributed by atoms with Crippen LogP contribution in [0.25, 0.3) is 0 Å². The van der Waals surface area contributed by atoms with Crippen molar-refractivity contribution < 1.29 is 77.7 Å². The van der Waals surface area contributed by atoms with Crippen LogP contribution in [-0.4, -0.2) is 11.8 Å². The molecule has 0 aromatic heterocycles. The molecule has 0 amide bonds. The van der Waals surface area contributed by atoms with Crippen LogP contribution in [0, 0.1) is 0 Å². The fraction of sp³-hybridized carbons (Fsp3) is 0.143. The SMILES string of the molecule is O=P([O-])([O-])CP(=O)([O-])Oc1ccccc1.O=P([O-])([O-])CP(=O)([O-])Oc1ccccc1.[W]. The molecule has 0 heterocycles. The van der Waals surface area contributed by atoms with Crippen LogP contribution in [0.15, 0.2) is 60.7 Å². The van der Waals surface area contributed by atoms with Crippen LogP contribution < -0.4 is 38.4 Å². The van der Waals surface area contributed by atoms with E-state index in [0.717, 1.165) is 0 Å². The van der Waals surface area contributed by atoms with E-state index in [-0.39, 0.29) is 32.6 Å². The van der Waals surface area contributed by atoms with Crippen molar-refractivity contribution in [3.8, 4) is 11.5 Å². The zero-order valence-corrected chi connectivity index (χ0v) is 21.8. The van der Waals surface area contributed by atoms with Gasteiger partial charge in [0.15, 0.2) is 15.2 Å². The largest absolute Gasteiger partial charge is 0.810 e. The van der Waals surface area contributed by atoms with Crippen LogP contribution >= 0.6 is 30.4 Å². The Morgan fingerprint density at radius 3 is 1.03 bits per heavy atom. The molecule has 17 heteroatoms. The molecular weight excluding hydrogens is 668 g/mol. The number of para-hydroxylation sites is 2. The van der Waals surface area contributed by atoms with Gasteiger partial charge in [0.2, 0.25) is 0 Å². The van der Waals surface area contributed by atoms with Gasteiger partial charge in [-0.3, -0.25) is 9.13 Å². The maximum atomic E-state index is 11.0. The van der Waals surface area contributed by atoms with Crippen LogP contribution in [0.1, 0.15) is 0 Å². The predicted molar refractivity (Wildman–Crippen MR) is 94.3 cm³/mol. The molecule has 31 heavy (non-hydrogen) atoms. The monoisotopic (exact) mass is 682 g/mol. The second-order valence-electron chi connectivity index (χ2n) is 5.54. The van der Waals surface area contributed by atoms with Gasteiger partial charge in [0.25, 0.3) is 0 Å². The first kappa shape index (κ1) is 30.4. The van der Waals surface area contributed by atoms with Gasteiger partial charge in [0.05, 0.1) is 11.8 Å². The second-order valence-corrected chi connectivity index (χ2v) is 13.1. The molecule has 0 aliphatic rings. The van der Waals surface area contributed by atoms with Gasteiger partial charge in [-0.25, -0.2) is 0 Å². The summed E-state index contributed by atoms with van der Waals surface area (Å²) < 4.78 is 51.4. The van der Waals surface area contributed by atoms with Gasteiger partial charge >= 0.3 is 0 Å². The Hall–Kier alpha value is -0.592. The summed E-state index contributed by atoms with van der Waals surface area (Å²) in [7, 11) is -19.6. The molecule has 0 aliphatic heterocycles. The molecule has 2 rings (SSSR count). The maximum Gasteiger partial charge on any atom is 0.189 e. The molecule has 0 spiro atoms. The molecule has 2 atom stereocenters. The van der Waals surface area contributed by atoms with E-state index in [4.69, 9.17) is 0 Å². The molecular formula is C14H14O12P4W-6. The minimum Gasteiger partial charge on any atom is -0.810 e. The Morgan fingerprint density at radius 1 is 0.548 bits per heavy atom. The van der Waals surface area contributed by atoms with Crippen LogP contribution in [-0.2, 0) is 39.3 Å². The van der Waals surface area contributed by atoms with Crippen molar-refractivity contribution in [1.82, 2.24) is 0 Å². The molecule has 0 bridgehead atoms. The Bertz CT molecular complexity index is 909. The molecule has 0 N–H and O–H groups in total. The second kappa shape index (κ2) is 12.6. The zero-order chi connectivity index (χ0) is 23.1. The average molecular weight is 682 g/mol. The fourth-order valence-electron chi connectivity index (χ4n) is 1.77. The van der Waals surface area contributed by atoms with E-state index in [0.29, 0.717) is 0 Å². The van der Waals surface area contributed by atoms with Crippen molar-refractivity contribution in [3.63, 3.8) is 0 Å². The number of hydrogen-bond donors (Lipinski definition) is 0. The van der Waals surface area contributed by atoms with E-state index in [2.05, 4.69) is 9.05 Å². The van der Waals surface area contributed by atoms with Gasteiger partial charge in [-0.2, -0.15) is 0 Å². The van der Waals surface area contributed by atoms with Gasteiger partial charge in [0, 0.05) is 21.1 Å². The molecule has 0 aliphatic carbocycles. The van der Waals surface area contributed by atoms with Crippen molar-refractivity contribution in [2.24, 2.45) is 0 Å². The van der Waals surface area contributed by atoms with E-state index in [1.807, 2.05) is 0 Å². The Kier molecular flexibility index (Phi) is 12.4. The fourth-order valence-corrected chi connectivity index (χ4v) is 6.51. The Morgan fingerprint density at radius 2 is 0.806 bits per heavy atom. The quantitative estimate of drug-likeness (QED) is 0.305. The van der Waals surface area contributed by atoms with Crippen molar-refractivity contribution in [1.29, 1.82) is 0 Å². The normalized spacial score (nSPS) is 15.2. The first-order valence-electron chi connectivity index (χ1n) is 7.69. The molecule has 2 unspecified atom stereocenters. The molecule has 0 fully saturated rings. The summed E-state index contributed by atoms with van der Waals surface area (Å²) in [4.78, 5) is 63.1. The third kappa shape index (κ3) is 15.8. The van der Waals surface area contributed by atoms with Crippen molar-refractivity contribution >= 4 is 30.4 Å². The van der Waals surface area contributed by atoms with E-state index >= 15 is 0 Å². The summed E-state index contributed by atoms with van der Waals surface area (Å²) in [5.41, 5.74) is 0.